The van der Waals surface area contributed by atoms with Gasteiger partial charge in [0.05, 0.1) is 4.92 Å². The minimum atomic E-state index is -0.941. The minimum Gasteiger partial charge on any atom is -0.418 e. The van der Waals surface area contributed by atoms with E-state index in [1.165, 1.54) is 0 Å². The summed E-state index contributed by atoms with van der Waals surface area (Å²) in [6, 6.07) is 16.4. The van der Waals surface area contributed by atoms with E-state index in [2.05, 4.69) is 0 Å². The summed E-state index contributed by atoms with van der Waals surface area (Å²) in [5, 5.41) is 11.9. The van der Waals surface area contributed by atoms with Crippen LogP contribution in [0.3, 0.4) is 0 Å². The van der Waals surface area contributed by atoms with E-state index < -0.39 is 16.2 Å². The van der Waals surface area contributed by atoms with Gasteiger partial charge in [-0.05, 0) is 17.7 Å². The average Bonchev–Trinajstić information content (AvgIpc) is 2.54. The van der Waals surface area contributed by atoms with Gasteiger partial charge >= 0.3 is 11.3 Å². The first-order valence-corrected chi connectivity index (χ1v) is 7.03. The number of anilines is 1. The fourth-order valence-corrected chi connectivity index (χ4v) is 2.61. The van der Waals surface area contributed by atoms with E-state index >= 15 is 0 Å². The highest BCUT2D eigenvalue weighted by Gasteiger charge is 2.27. The highest BCUT2D eigenvalue weighted by Crippen LogP contribution is 2.33. The molecular weight excluding hydrogens is 296 g/mol. The molecule has 1 aromatic heterocycles. The predicted molar refractivity (Wildman–Crippen MR) is 87.7 cm³/mol. The van der Waals surface area contributed by atoms with Crippen molar-refractivity contribution in [1.82, 2.24) is 0 Å². The van der Waals surface area contributed by atoms with Gasteiger partial charge in [0.2, 0.25) is 0 Å². The van der Waals surface area contributed by atoms with E-state index in [9.17, 15) is 14.9 Å². The molecule has 0 spiro atoms. The first kappa shape index (κ1) is 14.8. The second kappa shape index (κ2) is 5.92. The predicted octanol–water partition coefficient (Wildman–Crippen LogP) is 3.34. The zero-order valence-corrected chi connectivity index (χ0v) is 12.4. The molecule has 1 heterocycles. The second-order valence-electron chi connectivity index (χ2n) is 5.18. The Morgan fingerprint density at radius 1 is 1.09 bits per heavy atom. The lowest BCUT2D eigenvalue weighted by molar-refractivity contribution is -0.386. The van der Waals surface area contributed by atoms with E-state index in [-0.39, 0.29) is 5.69 Å². The van der Waals surface area contributed by atoms with Gasteiger partial charge in [-0.3, -0.25) is 10.1 Å². The van der Waals surface area contributed by atoms with Gasteiger partial charge in [-0.2, -0.15) is 0 Å². The number of benzene rings is 2. The van der Waals surface area contributed by atoms with E-state index in [0.29, 0.717) is 17.5 Å². The van der Waals surface area contributed by atoms with Crippen LogP contribution in [0, 0.1) is 10.1 Å². The summed E-state index contributed by atoms with van der Waals surface area (Å²) in [5.74, 6) is 0. The fourth-order valence-electron chi connectivity index (χ4n) is 2.61. The molecule has 0 aliphatic carbocycles. The molecule has 0 saturated heterocycles. The summed E-state index contributed by atoms with van der Waals surface area (Å²) in [5.41, 5.74) is 0.107. The van der Waals surface area contributed by atoms with E-state index in [1.807, 2.05) is 30.3 Å². The molecule has 3 aromatic rings. The molecule has 0 N–H and O–H groups in total. The number of para-hydroxylation sites is 1. The molecule has 0 atom stereocenters. The van der Waals surface area contributed by atoms with Crippen LogP contribution in [-0.4, -0.2) is 12.0 Å². The largest absolute Gasteiger partial charge is 0.418 e. The molecule has 116 valence electrons. The monoisotopic (exact) mass is 310 g/mol. The van der Waals surface area contributed by atoms with Crippen molar-refractivity contribution >= 4 is 22.3 Å². The van der Waals surface area contributed by atoms with Crippen molar-refractivity contribution in [3.63, 3.8) is 0 Å². The summed E-state index contributed by atoms with van der Waals surface area (Å²) >= 11 is 0. The topological polar surface area (TPSA) is 76.6 Å². The lowest BCUT2D eigenvalue weighted by Crippen LogP contribution is -2.21. The third-order valence-electron chi connectivity index (χ3n) is 3.59. The number of fused-ring (bicyclic) bond motifs is 1. The zero-order valence-electron chi connectivity index (χ0n) is 12.4. The van der Waals surface area contributed by atoms with Gasteiger partial charge in [-0.25, -0.2) is 4.79 Å². The Morgan fingerprint density at radius 3 is 2.43 bits per heavy atom. The normalized spacial score (nSPS) is 10.7. The number of rotatable bonds is 4. The maximum absolute atomic E-state index is 12.0. The van der Waals surface area contributed by atoms with Gasteiger partial charge in [0, 0.05) is 19.0 Å². The number of nitrogens with zero attached hydrogens (tertiary/aromatic N) is 2. The van der Waals surface area contributed by atoms with Gasteiger partial charge in [-0.15, -0.1) is 0 Å². The molecule has 0 radical (unpaired) electrons. The van der Waals surface area contributed by atoms with Crippen molar-refractivity contribution in [1.29, 1.82) is 0 Å². The molecule has 2 aromatic carbocycles. The van der Waals surface area contributed by atoms with Crippen LogP contribution in [-0.2, 0) is 6.54 Å². The summed E-state index contributed by atoms with van der Waals surface area (Å²) in [6.45, 7) is 0.440. The van der Waals surface area contributed by atoms with Crippen LogP contribution >= 0.6 is 0 Å². The Bertz CT molecular complexity index is 919. The van der Waals surface area contributed by atoms with Crippen LogP contribution in [0.25, 0.3) is 11.0 Å². The molecule has 0 saturated carbocycles. The van der Waals surface area contributed by atoms with Gasteiger partial charge < -0.3 is 9.32 Å². The Labute approximate surface area is 131 Å². The third kappa shape index (κ3) is 2.78. The standard InChI is InChI=1S/C17H14N2O4/c1-18(11-12-7-3-2-4-8-12)15-13-9-5-6-10-14(13)23-17(20)16(15)19(21)22/h2-10H,11H2,1H3. The zero-order chi connectivity index (χ0) is 16.4. The lowest BCUT2D eigenvalue weighted by Gasteiger charge is -2.20. The average molecular weight is 310 g/mol. The van der Waals surface area contributed by atoms with Gasteiger partial charge in [0.25, 0.3) is 0 Å². The Hall–Kier alpha value is -3.15. The minimum absolute atomic E-state index is 0.269. The lowest BCUT2D eigenvalue weighted by atomic mass is 10.1. The Morgan fingerprint density at radius 2 is 1.74 bits per heavy atom. The van der Waals surface area contributed by atoms with Crippen molar-refractivity contribution in [3.8, 4) is 0 Å². The van der Waals surface area contributed by atoms with E-state index in [1.54, 1.807) is 36.2 Å². The summed E-state index contributed by atoms with van der Waals surface area (Å²) < 4.78 is 5.07. The number of hydrogen-bond acceptors (Lipinski definition) is 5. The Balaban J connectivity index is 2.19. The maximum Gasteiger partial charge on any atom is 0.417 e. The van der Waals surface area contributed by atoms with Crippen LogP contribution in [0.4, 0.5) is 11.4 Å². The summed E-state index contributed by atoms with van der Waals surface area (Å²) in [7, 11) is 1.72. The molecule has 6 nitrogen and oxygen atoms in total. The van der Waals surface area contributed by atoms with Gasteiger partial charge in [0.1, 0.15) is 11.3 Å². The van der Waals surface area contributed by atoms with Crippen LogP contribution in [0.1, 0.15) is 5.56 Å². The SMILES string of the molecule is CN(Cc1ccccc1)c1c([N+](=O)[O-])c(=O)oc2ccccc12. The highest BCUT2D eigenvalue weighted by atomic mass is 16.6. The summed E-state index contributed by atoms with van der Waals surface area (Å²) in [6.07, 6.45) is 0. The first-order valence-electron chi connectivity index (χ1n) is 7.03. The number of hydrogen-bond donors (Lipinski definition) is 0. The molecule has 0 amide bonds. The molecule has 0 bridgehead atoms. The molecular formula is C17H14N2O4. The third-order valence-corrected chi connectivity index (χ3v) is 3.59. The van der Waals surface area contributed by atoms with Crippen LogP contribution < -0.4 is 10.5 Å². The Kier molecular flexibility index (Phi) is 3.80. The van der Waals surface area contributed by atoms with Crippen LogP contribution in [0.15, 0.2) is 63.8 Å². The quantitative estimate of drug-likeness (QED) is 0.419. The van der Waals surface area contributed by atoms with Crippen LogP contribution in [0.5, 0.6) is 0 Å². The van der Waals surface area contributed by atoms with Crippen molar-refractivity contribution < 1.29 is 9.34 Å². The molecule has 3 rings (SSSR count). The highest BCUT2D eigenvalue weighted by molar-refractivity contribution is 5.94. The smallest absolute Gasteiger partial charge is 0.417 e. The van der Waals surface area contributed by atoms with Gasteiger partial charge in [0.15, 0.2) is 0 Å². The summed E-state index contributed by atoms with van der Waals surface area (Å²) in [4.78, 5) is 24.4. The molecule has 6 heteroatoms. The van der Waals surface area contributed by atoms with Crippen molar-refractivity contribution in [2.45, 2.75) is 6.54 Å². The van der Waals surface area contributed by atoms with Crippen LogP contribution in [0.2, 0.25) is 0 Å². The molecule has 0 aliphatic heterocycles. The first-order chi connectivity index (χ1) is 11.1. The maximum atomic E-state index is 12.0. The molecule has 0 aliphatic rings. The van der Waals surface area contributed by atoms with Crippen molar-refractivity contribution in [2.24, 2.45) is 0 Å². The molecule has 0 unspecified atom stereocenters. The second-order valence-corrected chi connectivity index (χ2v) is 5.18. The van der Waals surface area contributed by atoms with E-state index in [0.717, 1.165) is 5.56 Å². The van der Waals surface area contributed by atoms with Crippen molar-refractivity contribution in [2.75, 3.05) is 11.9 Å². The van der Waals surface area contributed by atoms with E-state index in [4.69, 9.17) is 4.42 Å². The molecule has 0 fully saturated rings. The molecule has 23 heavy (non-hydrogen) atoms. The van der Waals surface area contributed by atoms with Gasteiger partial charge in [-0.1, -0.05) is 42.5 Å². The fraction of sp³-hybridized carbons (Fsp3) is 0.118. The van der Waals surface area contributed by atoms with Crippen molar-refractivity contribution in [3.05, 3.63) is 80.7 Å². The number of nitro groups is 1.